The molecular weight excluding hydrogens is 302 g/mol. The highest BCUT2D eigenvalue weighted by Gasteiger charge is 2.15. The van der Waals surface area contributed by atoms with Gasteiger partial charge in [-0.15, -0.1) is 11.3 Å². The molecule has 0 unspecified atom stereocenters. The van der Waals surface area contributed by atoms with Crippen LogP contribution < -0.4 is 11.1 Å². The zero-order chi connectivity index (χ0) is 15.4. The molecule has 0 radical (unpaired) electrons. The molecule has 0 aliphatic rings. The van der Waals surface area contributed by atoms with Gasteiger partial charge in [0.25, 0.3) is 0 Å². The lowest BCUT2D eigenvalue weighted by atomic mass is 10.2. The smallest absolute Gasteiger partial charge is 0.148 e. The summed E-state index contributed by atoms with van der Waals surface area (Å²) in [6.07, 6.45) is 1.09. The highest BCUT2D eigenvalue weighted by Crippen LogP contribution is 2.36. The Morgan fingerprint density at radius 1 is 1.43 bits per heavy atom. The molecule has 0 fully saturated rings. The normalized spacial score (nSPS) is 11.5. The van der Waals surface area contributed by atoms with E-state index in [4.69, 9.17) is 5.73 Å². The predicted octanol–water partition coefficient (Wildman–Crippen LogP) is 3.30. The topological polar surface area (TPSA) is 67.1 Å². The highest BCUT2D eigenvalue weighted by molar-refractivity contribution is 7.11. The fourth-order valence-electron chi connectivity index (χ4n) is 1.94. The fraction of sp³-hybridized carbons (Fsp3) is 0.571. The molecule has 2 aromatic heterocycles. The van der Waals surface area contributed by atoms with Crippen molar-refractivity contribution < 1.29 is 0 Å². The first-order valence-corrected chi connectivity index (χ1v) is 8.76. The Morgan fingerprint density at radius 2 is 2.19 bits per heavy atom. The minimum absolute atomic E-state index is 0.562. The number of aryl methyl sites for hydroxylation is 1. The Kier molecular flexibility index (Phi) is 5.55. The molecule has 2 heterocycles. The van der Waals surface area contributed by atoms with Crippen molar-refractivity contribution in [1.82, 2.24) is 14.3 Å². The lowest BCUT2D eigenvalue weighted by Gasteiger charge is -2.20. The molecule has 2 aromatic rings. The number of hydrogen-bond donors (Lipinski definition) is 2. The molecule has 0 aliphatic heterocycles. The van der Waals surface area contributed by atoms with Gasteiger partial charge in [0, 0.05) is 18.0 Å². The largest absolute Gasteiger partial charge is 0.382 e. The van der Waals surface area contributed by atoms with E-state index in [1.165, 1.54) is 11.5 Å². The second kappa shape index (κ2) is 7.20. The van der Waals surface area contributed by atoms with E-state index < -0.39 is 0 Å². The molecule has 0 atom stereocenters. The van der Waals surface area contributed by atoms with Gasteiger partial charge in [0.15, 0.2) is 0 Å². The van der Waals surface area contributed by atoms with Crippen molar-refractivity contribution >= 4 is 33.7 Å². The van der Waals surface area contributed by atoms with Crippen LogP contribution in [0.2, 0.25) is 0 Å². The van der Waals surface area contributed by atoms with Crippen LogP contribution in [0.15, 0.2) is 5.38 Å². The number of nitrogens with zero attached hydrogens (tertiary/aromatic N) is 3. The zero-order valence-corrected chi connectivity index (χ0v) is 14.6. The molecule has 0 bridgehead atoms. The summed E-state index contributed by atoms with van der Waals surface area (Å²) >= 11 is 3.04. The van der Waals surface area contributed by atoms with Crippen LogP contribution in [-0.4, -0.2) is 40.4 Å². The number of nitrogens with one attached hydrogen (secondary N) is 1. The Balaban J connectivity index is 1.96. The predicted molar refractivity (Wildman–Crippen MR) is 93.2 cm³/mol. The van der Waals surface area contributed by atoms with Crippen LogP contribution in [0.4, 0.5) is 10.8 Å². The van der Waals surface area contributed by atoms with Gasteiger partial charge >= 0.3 is 0 Å². The van der Waals surface area contributed by atoms with Crippen molar-refractivity contribution in [1.29, 1.82) is 0 Å². The van der Waals surface area contributed by atoms with E-state index in [9.17, 15) is 0 Å². The second-order valence-electron chi connectivity index (χ2n) is 5.38. The van der Waals surface area contributed by atoms with E-state index in [1.54, 1.807) is 11.3 Å². The molecule has 3 N–H and O–H groups in total. The number of anilines is 2. The molecule has 116 valence electrons. The first-order chi connectivity index (χ1) is 9.99. The maximum atomic E-state index is 5.99. The van der Waals surface area contributed by atoms with E-state index >= 15 is 0 Å². The molecule has 5 nitrogen and oxygen atoms in total. The Hall–Kier alpha value is -1.18. The van der Waals surface area contributed by atoms with Crippen molar-refractivity contribution in [3.63, 3.8) is 0 Å². The summed E-state index contributed by atoms with van der Waals surface area (Å²) in [5.74, 6) is 0.562. The van der Waals surface area contributed by atoms with E-state index in [1.807, 2.05) is 12.3 Å². The quantitative estimate of drug-likeness (QED) is 0.765. The van der Waals surface area contributed by atoms with Crippen molar-refractivity contribution in [2.45, 2.75) is 33.2 Å². The highest BCUT2D eigenvalue weighted by atomic mass is 32.1. The van der Waals surface area contributed by atoms with Gasteiger partial charge in [0.05, 0.1) is 16.3 Å². The van der Waals surface area contributed by atoms with Gasteiger partial charge in [0.2, 0.25) is 0 Å². The van der Waals surface area contributed by atoms with E-state index in [2.05, 4.69) is 40.5 Å². The summed E-state index contributed by atoms with van der Waals surface area (Å²) in [5.41, 5.74) is 7.86. The summed E-state index contributed by atoms with van der Waals surface area (Å²) in [7, 11) is 2.15. The summed E-state index contributed by atoms with van der Waals surface area (Å²) in [5, 5.41) is 7.55. The van der Waals surface area contributed by atoms with Gasteiger partial charge in [-0.3, -0.25) is 0 Å². The SMILES string of the molecule is Cc1nc(-c2c(N)nsc2NCCCN(C)C(C)C)cs1. The number of hydrogen-bond acceptors (Lipinski definition) is 7. The summed E-state index contributed by atoms with van der Waals surface area (Å²) in [6.45, 7) is 8.40. The van der Waals surface area contributed by atoms with Gasteiger partial charge in [0.1, 0.15) is 10.8 Å². The van der Waals surface area contributed by atoms with Gasteiger partial charge in [-0.25, -0.2) is 4.98 Å². The van der Waals surface area contributed by atoms with E-state index in [0.29, 0.717) is 11.9 Å². The molecular formula is C14H23N5S2. The van der Waals surface area contributed by atoms with E-state index in [-0.39, 0.29) is 0 Å². The zero-order valence-electron chi connectivity index (χ0n) is 13.0. The lowest BCUT2D eigenvalue weighted by Crippen LogP contribution is -2.28. The fourth-order valence-corrected chi connectivity index (χ4v) is 3.29. The van der Waals surface area contributed by atoms with Gasteiger partial charge in [-0.05, 0) is 52.3 Å². The van der Waals surface area contributed by atoms with E-state index in [0.717, 1.165) is 40.8 Å². The third-order valence-electron chi connectivity index (χ3n) is 3.45. The third-order valence-corrected chi connectivity index (χ3v) is 5.04. The summed E-state index contributed by atoms with van der Waals surface area (Å²) in [4.78, 5) is 6.85. The molecule has 0 saturated carbocycles. The first kappa shape index (κ1) is 16.2. The maximum Gasteiger partial charge on any atom is 0.148 e. The standard InChI is InChI=1S/C14H23N5S2/c1-9(2)19(4)7-5-6-16-14-12(13(15)18-21-14)11-8-20-10(3)17-11/h8-9,16H,5-7H2,1-4H3,(H2,15,18). The molecule has 0 aliphatic carbocycles. The van der Waals surface area contributed by atoms with Crippen LogP contribution >= 0.6 is 22.9 Å². The van der Waals surface area contributed by atoms with Crippen LogP contribution in [0.1, 0.15) is 25.3 Å². The molecule has 2 rings (SSSR count). The number of nitrogen functional groups attached to an aromatic ring is 1. The van der Waals surface area contributed by atoms with Crippen LogP contribution in [0.5, 0.6) is 0 Å². The maximum absolute atomic E-state index is 5.99. The Bertz CT molecular complexity index is 576. The molecule has 21 heavy (non-hydrogen) atoms. The molecule has 0 saturated heterocycles. The third kappa shape index (κ3) is 4.15. The van der Waals surface area contributed by atoms with Gasteiger partial charge in [-0.1, -0.05) is 0 Å². The average Bonchev–Trinajstić information content (AvgIpc) is 3.00. The van der Waals surface area contributed by atoms with Crippen molar-refractivity contribution in [2.75, 3.05) is 31.2 Å². The number of thiazole rings is 1. The second-order valence-corrected chi connectivity index (χ2v) is 7.21. The number of aromatic nitrogens is 2. The first-order valence-electron chi connectivity index (χ1n) is 7.10. The van der Waals surface area contributed by atoms with Crippen molar-refractivity contribution in [3.05, 3.63) is 10.4 Å². The lowest BCUT2D eigenvalue weighted by molar-refractivity contribution is 0.273. The monoisotopic (exact) mass is 325 g/mol. The summed E-state index contributed by atoms with van der Waals surface area (Å²) in [6, 6.07) is 0.581. The number of nitrogens with two attached hydrogens (primary N) is 1. The molecule has 0 aromatic carbocycles. The van der Waals surface area contributed by atoms with Crippen molar-refractivity contribution in [3.8, 4) is 11.3 Å². The molecule has 7 heteroatoms. The Labute approximate surface area is 134 Å². The number of rotatable bonds is 7. The van der Waals surface area contributed by atoms with Crippen LogP contribution in [0.3, 0.4) is 0 Å². The molecule has 0 spiro atoms. The summed E-state index contributed by atoms with van der Waals surface area (Å²) < 4.78 is 4.26. The van der Waals surface area contributed by atoms with Crippen LogP contribution in [0.25, 0.3) is 11.3 Å². The minimum Gasteiger partial charge on any atom is -0.382 e. The Morgan fingerprint density at radius 3 is 2.81 bits per heavy atom. The molecule has 0 amide bonds. The van der Waals surface area contributed by atoms with Gasteiger partial charge in [-0.2, -0.15) is 4.37 Å². The van der Waals surface area contributed by atoms with Crippen LogP contribution in [0, 0.1) is 6.92 Å². The van der Waals surface area contributed by atoms with Crippen LogP contribution in [-0.2, 0) is 0 Å². The van der Waals surface area contributed by atoms with Gasteiger partial charge < -0.3 is 16.0 Å². The van der Waals surface area contributed by atoms with Crippen molar-refractivity contribution in [2.24, 2.45) is 0 Å². The minimum atomic E-state index is 0.562. The average molecular weight is 326 g/mol.